The summed E-state index contributed by atoms with van der Waals surface area (Å²) in [5.74, 6) is -0.584. The fourth-order valence-electron chi connectivity index (χ4n) is 1.82. The lowest BCUT2D eigenvalue weighted by Gasteiger charge is -2.08. The Kier molecular flexibility index (Phi) is 3.71. The minimum absolute atomic E-state index is 0.123. The van der Waals surface area contributed by atoms with Crippen molar-refractivity contribution in [3.05, 3.63) is 47.5 Å². The van der Waals surface area contributed by atoms with Gasteiger partial charge in [-0.3, -0.25) is 4.79 Å². The van der Waals surface area contributed by atoms with Gasteiger partial charge >= 0.3 is 0 Å². The number of hydrogen-bond donors (Lipinski definition) is 1. The van der Waals surface area contributed by atoms with Gasteiger partial charge in [-0.05, 0) is 24.3 Å². The molecule has 102 valence electrons. The van der Waals surface area contributed by atoms with Gasteiger partial charge in [0.05, 0.1) is 12.7 Å². The van der Waals surface area contributed by atoms with E-state index in [1.807, 2.05) is 0 Å². The van der Waals surface area contributed by atoms with Crippen LogP contribution in [0.15, 0.2) is 30.5 Å². The maximum absolute atomic E-state index is 13.2. The molecular formula is C14H12FN3O2. The van der Waals surface area contributed by atoms with E-state index in [1.165, 1.54) is 19.2 Å². The lowest BCUT2D eigenvalue weighted by Crippen LogP contribution is -2.16. The Morgan fingerprint density at radius 2 is 2.20 bits per heavy atom. The number of halogens is 1. The maximum Gasteiger partial charge on any atom is 0.276 e. The topological polar surface area (TPSA) is 67.0 Å². The number of nitrogens with one attached hydrogen (secondary N) is 1. The quantitative estimate of drug-likeness (QED) is 0.933. The van der Waals surface area contributed by atoms with Gasteiger partial charge in [0.1, 0.15) is 23.3 Å². The van der Waals surface area contributed by atoms with Crippen molar-refractivity contribution in [2.45, 2.75) is 0 Å². The van der Waals surface area contributed by atoms with Crippen LogP contribution >= 0.6 is 0 Å². The van der Waals surface area contributed by atoms with E-state index in [2.05, 4.69) is 5.32 Å². The van der Waals surface area contributed by atoms with Gasteiger partial charge in [0.2, 0.25) is 0 Å². The average Bonchev–Trinajstić information content (AvgIpc) is 2.82. The third-order valence-corrected chi connectivity index (χ3v) is 2.82. The average molecular weight is 273 g/mol. The number of rotatable bonds is 3. The van der Waals surface area contributed by atoms with E-state index in [-0.39, 0.29) is 5.56 Å². The molecule has 1 N–H and O–H groups in total. The van der Waals surface area contributed by atoms with Crippen molar-refractivity contribution < 1.29 is 13.9 Å². The van der Waals surface area contributed by atoms with Crippen LogP contribution in [0.4, 0.5) is 10.1 Å². The predicted octanol–water partition coefficient (Wildman–Crippen LogP) is 2.30. The number of aromatic nitrogens is 1. The van der Waals surface area contributed by atoms with Crippen molar-refractivity contribution in [2.75, 3.05) is 12.4 Å². The van der Waals surface area contributed by atoms with E-state index in [9.17, 15) is 9.18 Å². The number of carbonyl (C=O) groups excluding carboxylic acids is 1. The molecule has 0 aliphatic rings. The minimum Gasteiger partial charge on any atom is -0.494 e. The van der Waals surface area contributed by atoms with Crippen molar-refractivity contribution in [2.24, 2.45) is 7.05 Å². The van der Waals surface area contributed by atoms with Gasteiger partial charge in [-0.1, -0.05) is 0 Å². The highest BCUT2D eigenvalue weighted by Crippen LogP contribution is 2.21. The van der Waals surface area contributed by atoms with Crippen LogP contribution in [0.25, 0.3) is 0 Å². The normalized spacial score (nSPS) is 9.90. The Labute approximate surface area is 115 Å². The molecule has 0 aliphatic heterocycles. The van der Waals surface area contributed by atoms with E-state index in [1.54, 1.807) is 29.9 Å². The molecule has 1 aromatic heterocycles. The standard InChI is InChI=1S/C14H12FN3O2/c1-18-6-5-12(20-2)13(18)14(19)17-10-3-4-11(15)9(7-10)8-16/h3-7H,1-2H3,(H,17,19). The third-order valence-electron chi connectivity index (χ3n) is 2.82. The van der Waals surface area contributed by atoms with E-state index in [4.69, 9.17) is 10.00 Å². The molecule has 0 saturated carbocycles. The first-order valence-electron chi connectivity index (χ1n) is 5.77. The molecule has 0 unspecified atom stereocenters. The highest BCUT2D eigenvalue weighted by molar-refractivity contribution is 6.05. The zero-order valence-electron chi connectivity index (χ0n) is 11.0. The van der Waals surface area contributed by atoms with Crippen molar-refractivity contribution in [1.82, 2.24) is 4.57 Å². The van der Waals surface area contributed by atoms with Gasteiger partial charge in [-0.25, -0.2) is 4.39 Å². The second-order valence-electron chi connectivity index (χ2n) is 4.10. The Morgan fingerprint density at radius 3 is 2.85 bits per heavy atom. The van der Waals surface area contributed by atoms with Gasteiger partial charge < -0.3 is 14.6 Å². The number of ether oxygens (including phenoxy) is 1. The van der Waals surface area contributed by atoms with Gasteiger partial charge in [0, 0.05) is 18.9 Å². The van der Waals surface area contributed by atoms with E-state index >= 15 is 0 Å². The molecule has 0 fully saturated rings. The monoisotopic (exact) mass is 273 g/mol. The highest BCUT2D eigenvalue weighted by atomic mass is 19.1. The second kappa shape index (κ2) is 5.45. The summed E-state index contributed by atoms with van der Waals surface area (Å²) in [7, 11) is 3.18. The van der Waals surface area contributed by atoms with Gasteiger partial charge in [-0.2, -0.15) is 5.26 Å². The molecule has 0 atom stereocenters. The summed E-state index contributed by atoms with van der Waals surface area (Å²) >= 11 is 0. The first-order valence-corrected chi connectivity index (χ1v) is 5.77. The molecule has 0 saturated heterocycles. The number of anilines is 1. The minimum atomic E-state index is -0.623. The molecule has 2 aromatic rings. The van der Waals surface area contributed by atoms with Crippen LogP contribution in [-0.4, -0.2) is 17.6 Å². The van der Waals surface area contributed by atoms with Crippen LogP contribution < -0.4 is 10.1 Å². The first kappa shape index (κ1) is 13.6. The zero-order chi connectivity index (χ0) is 14.7. The fraction of sp³-hybridized carbons (Fsp3) is 0.143. The Bertz CT molecular complexity index is 701. The highest BCUT2D eigenvalue weighted by Gasteiger charge is 2.16. The summed E-state index contributed by atoms with van der Waals surface area (Å²) in [5.41, 5.74) is 0.563. The number of amides is 1. The Balaban J connectivity index is 2.28. The molecule has 0 radical (unpaired) electrons. The number of aryl methyl sites for hydroxylation is 1. The Hall–Kier alpha value is -2.81. The van der Waals surface area contributed by atoms with Crippen LogP contribution in [0.2, 0.25) is 0 Å². The van der Waals surface area contributed by atoms with Crippen molar-refractivity contribution in [3.8, 4) is 11.8 Å². The van der Waals surface area contributed by atoms with Crippen LogP contribution in [-0.2, 0) is 7.05 Å². The van der Waals surface area contributed by atoms with Gasteiger partial charge in [0.15, 0.2) is 0 Å². The SMILES string of the molecule is COc1ccn(C)c1C(=O)Nc1ccc(F)c(C#N)c1. The van der Waals surface area contributed by atoms with E-state index in [0.29, 0.717) is 17.1 Å². The molecule has 1 heterocycles. The molecule has 0 bridgehead atoms. The van der Waals surface area contributed by atoms with Crippen molar-refractivity contribution >= 4 is 11.6 Å². The van der Waals surface area contributed by atoms with Crippen molar-refractivity contribution in [1.29, 1.82) is 5.26 Å². The molecule has 5 nitrogen and oxygen atoms in total. The number of methoxy groups -OCH3 is 1. The summed E-state index contributed by atoms with van der Waals surface area (Å²) < 4.78 is 19.9. The van der Waals surface area contributed by atoms with Gasteiger partial charge in [-0.15, -0.1) is 0 Å². The number of hydrogen-bond acceptors (Lipinski definition) is 3. The lowest BCUT2D eigenvalue weighted by molar-refractivity contribution is 0.101. The lowest BCUT2D eigenvalue weighted by atomic mass is 10.2. The summed E-state index contributed by atoms with van der Waals surface area (Å²) in [6.45, 7) is 0. The number of carbonyl (C=O) groups is 1. The molecule has 1 amide bonds. The van der Waals surface area contributed by atoms with Crippen LogP contribution in [0.3, 0.4) is 0 Å². The van der Waals surface area contributed by atoms with E-state index in [0.717, 1.165) is 6.07 Å². The second-order valence-corrected chi connectivity index (χ2v) is 4.10. The first-order chi connectivity index (χ1) is 9.56. The Morgan fingerprint density at radius 1 is 1.45 bits per heavy atom. The molecule has 6 heteroatoms. The largest absolute Gasteiger partial charge is 0.494 e. The molecular weight excluding hydrogens is 261 g/mol. The maximum atomic E-state index is 13.2. The zero-order valence-corrected chi connectivity index (χ0v) is 11.0. The van der Waals surface area contributed by atoms with Crippen LogP contribution in [0.5, 0.6) is 5.75 Å². The number of nitriles is 1. The number of benzene rings is 1. The molecule has 2 rings (SSSR count). The van der Waals surface area contributed by atoms with Crippen LogP contribution in [0.1, 0.15) is 16.1 Å². The molecule has 20 heavy (non-hydrogen) atoms. The molecule has 0 spiro atoms. The predicted molar refractivity (Wildman–Crippen MR) is 71.0 cm³/mol. The third kappa shape index (κ3) is 2.47. The van der Waals surface area contributed by atoms with Crippen LogP contribution in [0, 0.1) is 17.1 Å². The van der Waals surface area contributed by atoms with Crippen molar-refractivity contribution in [3.63, 3.8) is 0 Å². The summed E-state index contributed by atoms with van der Waals surface area (Å²) in [5, 5.41) is 11.4. The molecule has 1 aromatic carbocycles. The summed E-state index contributed by atoms with van der Waals surface area (Å²) in [6.07, 6.45) is 1.69. The smallest absolute Gasteiger partial charge is 0.276 e. The fourth-order valence-corrected chi connectivity index (χ4v) is 1.82. The summed E-state index contributed by atoms with van der Waals surface area (Å²) in [4.78, 5) is 12.2. The van der Waals surface area contributed by atoms with E-state index < -0.39 is 11.7 Å². The van der Waals surface area contributed by atoms with Gasteiger partial charge in [0.25, 0.3) is 5.91 Å². The number of nitrogens with zero attached hydrogens (tertiary/aromatic N) is 2. The molecule has 0 aliphatic carbocycles. The summed E-state index contributed by atoms with van der Waals surface area (Å²) in [6, 6.07) is 7.20.